The maximum Gasteiger partial charge on any atom is 0.343 e. The molecule has 0 aliphatic carbocycles. The Morgan fingerprint density at radius 2 is 2.00 bits per heavy atom. The van der Waals surface area contributed by atoms with Crippen LogP contribution in [0.3, 0.4) is 0 Å². The van der Waals surface area contributed by atoms with Gasteiger partial charge >= 0.3 is 5.97 Å². The van der Waals surface area contributed by atoms with Gasteiger partial charge in [0, 0.05) is 28.7 Å². The van der Waals surface area contributed by atoms with Crippen molar-refractivity contribution >= 4 is 40.7 Å². The number of thiazole rings is 1. The van der Waals surface area contributed by atoms with E-state index in [1.807, 2.05) is 53.9 Å². The minimum absolute atomic E-state index is 0.0418. The molecule has 0 unspecified atom stereocenters. The molecule has 8 heteroatoms. The number of hydrogen-bond donors (Lipinski definition) is 0. The van der Waals surface area contributed by atoms with Gasteiger partial charge in [-0.3, -0.25) is 9.69 Å². The van der Waals surface area contributed by atoms with Gasteiger partial charge in [0.25, 0.3) is 0 Å². The number of thioether (sulfide) groups is 1. The summed E-state index contributed by atoms with van der Waals surface area (Å²) in [5.41, 5.74) is 2.45. The van der Waals surface area contributed by atoms with Gasteiger partial charge in [-0.1, -0.05) is 23.9 Å². The fraction of sp³-hybridized carbons (Fsp3) is 0.227. The lowest BCUT2D eigenvalue weighted by atomic mass is 10.2. The third-order valence-corrected chi connectivity index (χ3v) is 7.63. The molecule has 0 radical (unpaired) electrons. The van der Waals surface area contributed by atoms with Crippen molar-refractivity contribution in [2.75, 3.05) is 12.0 Å². The highest BCUT2D eigenvalue weighted by atomic mass is 32.2. The second-order valence-corrected chi connectivity index (χ2v) is 9.21. The Balaban J connectivity index is 1.31. The summed E-state index contributed by atoms with van der Waals surface area (Å²) >= 11 is 2.90. The van der Waals surface area contributed by atoms with Gasteiger partial charge in [0.1, 0.15) is 17.4 Å². The molecule has 0 N–H and O–H groups in total. The summed E-state index contributed by atoms with van der Waals surface area (Å²) in [6.07, 6.45) is 0.785. The van der Waals surface area contributed by atoms with Crippen molar-refractivity contribution in [3.05, 3.63) is 59.6 Å². The van der Waals surface area contributed by atoms with Crippen LogP contribution in [0.15, 0.2) is 58.8 Å². The highest BCUT2D eigenvalue weighted by Gasteiger charge is 2.58. The number of benzene rings is 2. The van der Waals surface area contributed by atoms with Crippen molar-refractivity contribution in [3.8, 4) is 16.3 Å². The van der Waals surface area contributed by atoms with Crippen LogP contribution in [0.2, 0.25) is 0 Å². The first-order valence-corrected chi connectivity index (χ1v) is 11.2. The van der Waals surface area contributed by atoms with Crippen LogP contribution < -0.4 is 9.64 Å². The highest BCUT2D eigenvalue weighted by Crippen LogP contribution is 2.56. The van der Waals surface area contributed by atoms with Gasteiger partial charge in [0.15, 0.2) is 4.87 Å². The standard InChI is InChI=1S/C22H18N2O4S2/c1-27-16-8-6-14(7-9-16)20-23-15(13-29-20)12-28-21(26)22-11-10-19(25)24(22)17-4-2-3-5-18(17)30-22/h2-9,13H,10-12H2,1H3/t22-/m0/s1. The maximum absolute atomic E-state index is 13.1. The van der Waals surface area contributed by atoms with E-state index >= 15 is 0 Å². The molecule has 1 amide bonds. The fourth-order valence-corrected chi connectivity index (χ4v) is 5.99. The predicted octanol–water partition coefficient (Wildman–Crippen LogP) is 4.49. The molecule has 6 nitrogen and oxygen atoms in total. The number of methoxy groups -OCH3 is 1. The molecule has 5 rings (SSSR count). The Labute approximate surface area is 181 Å². The number of fused-ring (bicyclic) bond motifs is 3. The monoisotopic (exact) mass is 438 g/mol. The molecular formula is C22H18N2O4S2. The van der Waals surface area contributed by atoms with E-state index in [1.165, 1.54) is 23.1 Å². The molecular weight excluding hydrogens is 420 g/mol. The Morgan fingerprint density at radius 3 is 2.80 bits per heavy atom. The van der Waals surface area contributed by atoms with Crippen LogP contribution in [0.1, 0.15) is 18.5 Å². The summed E-state index contributed by atoms with van der Waals surface area (Å²) < 4.78 is 10.8. The van der Waals surface area contributed by atoms with Crippen LogP contribution in [-0.2, 0) is 20.9 Å². The number of hydrogen-bond acceptors (Lipinski definition) is 7. The van der Waals surface area contributed by atoms with E-state index in [2.05, 4.69) is 4.98 Å². The summed E-state index contributed by atoms with van der Waals surface area (Å²) in [5, 5.41) is 2.74. The van der Waals surface area contributed by atoms with Crippen molar-refractivity contribution in [2.45, 2.75) is 29.2 Å². The number of esters is 1. The lowest BCUT2D eigenvalue weighted by Crippen LogP contribution is -2.47. The van der Waals surface area contributed by atoms with Gasteiger partial charge in [-0.05, 0) is 36.4 Å². The zero-order valence-corrected chi connectivity index (χ0v) is 17.8. The van der Waals surface area contributed by atoms with Crippen LogP contribution >= 0.6 is 23.1 Å². The van der Waals surface area contributed by atoms with E-state index in [0.29, 0.717) is 18.5 Å². The maximum atomic E-state index is 13.1. The van der Waals surface area contributed by atoms with E-state index < -0.39 is 10.8 Å². The molecule has 1 fully saturated rings. The topological polar surface area (TPSA) is 68.7 Å². The van der Waals surface area contributed by atoms with Gasteiger partial charge in [-0.15, -0.1) is 11.3 Å². The normalized spacial score (nSPS) is 19.5. The minimum atomic E-state index is -1.00. The SMILES string of the molecule is COc1ccc(-c2nc(COC(=O)[C@@]34CCC(=O)N3c3ccccc3S4)cs2)cc1. The van der Waals surface area contributed by atoms with Crippen molar-refractivity contribution in [2.24, 2.45) is 0 Å². The Bertz CT molecular complexity index is 1130. The third-order valence-electron chi connectivity index (χ3n) is 5.23. The number of amides is 1. The molecule has 1 saturated heterocycles. The van der Waals surface area contributed by atoms with E-state index in [1.54, 1.807) is 12.0 Å². The lowest BCUT2D eigenvalue weighted by molar-refractivity contribution is -0.148. The predicted molar refractivity (Wildman–Crippen MR) is 116 cm³/mol. The summed E-state index contributed by atoms with van der Waals surface area (Å²) in [4.78, 5) is 31.7. The molecule has 0 saturated carbocycles. The van der Waals surface area contributed by atoms with E-state index in [0.717, 1.165) is 26.9 Å². The van der Waals surface area contributed by atoms with E-state index in [9.17, 15) is 9.59 Å². The summed E-state index contributed by atoms with van der Waals surface area (Å²) in [5.74, 6) is 0.350. The van der Waals surface area contributed by atoms with Crippen molar-refractivity contribution in [1.29, 1.82) is 0 Å². The summed E-state index contributed by atoms with van der Waals surface area (Å²) in [6.45, 7) is 0.0756. The molecule has 152 valence electrons. The van der Waals surface area contributed by atoms with Crippen molar-refractivity contribution < 1.29 is 19.1 Å². The van der Waals surface area contributed by atoms with Crippen LogP contribution in [0, 0.1) is 0 Å². The molecule has 2 aliphatic rings. The van der Waals surface area contributed by atoms with Gasteiger partial charge in [0.05, 0.1) is 18.5 Å². The number of ether oxygens (including phenoxy) is 2. The molecule has 2 aliphatic heterocycles. The smallest absolute Gasteiger partial charge is 0.343 e. The minimum Gasteiger partial charge on any atom is -0.497 e. The largest absolute Gasteiger partial charge is 0.497 e. The number of rotatable bonds is 5. The summed E-state index contributed by atoms with van der Waals surface area (Å²) in [6, 6.07) is 15.3. The molecule has 30 heavy (non-hydrogen) atoms. The molecule has 3 aromatic rings. The van der Waals surface area contributed by atoms with Crippen molar-refractivity contribution in [3.63, 3.8) is 0 Å². The van der Waals surface area contributed by atoms with E-state index in [-0.39, 0.29) is 12.5 Å². The summed E-state index contributed by atoms with van der Waals surface area (Å²) in [7, 11) is 1.63. The molecule has 1 atom stereocenters. The molecule has 2 aromatic carbocycles. The van der Waals surface area contributed by atoms with Gasteiger partial charge in [-0.25, -0.2) is 9.78 Å². The Hall–Kier alpha value is -2.84. The van der Waals surface area contributed by atoms with Crippen LogP contribution in [-0.4, -0.2) is 28.8 Å². The first-order valence-electron chi connectivity index (χ1n) is 9.48. The first-order chi connectivity index (χ1) is 14.6. The number of carbonyl (C=O) groups excluding carboxylic acids is 2. The number of nitrogens with zero attached hydrogens (tertiary/aromatic N) is 2. The van der Waals surface area contributed by atoms with Gasteiger partial charge in [0.2, 0.25) is 5.91 Å². The zero-order chi connectivity index (χ0) is 20.7. The molecule has 0 spiro atoms. The first kappa shape index (κ1) is 19.1. The second-order valence-electron chi connectivity index (χ2n) is 7.03. The number of anilines is 1. The third kappa shape index (κ3) is 3.07. The number of para-hydroxylation sites is 1. The average molecular weight is 439 g/mol. The van der Waals surface area contributed by atoms with E-state index in [4.69, 9.17) is 9.47 Å². The zero-order valence-electron chi connectivity index (χ0n) is 16.2. The Morgan fingerprint density at radius 1 is 1.20 bits per heavy atom. The van der Waals surface area contributed by atoms with Crippen LogP contribution in [0.25, 0.3) is 10.6 Å². The fourth-order valence-electron chi connectivity index (χ4n) is 3.76. The van der Waals surface area contributed by atoms with Gasteiger partial charge in [-0.2, -0.15) is 0 Å². The quantitative estimate of drug-likeness (QED) is 0.547. The molecule has 0 bridgehead atoms. The van der Waals surface area contributed by atoms with Gasteiger partial charge < -0.3 is 9.47 Å². The molecule has 1 aromatic heterocycles. The second kappa shape index (κ2) is 7.45. The average Bonchev–Trinajstić information content (AvgIpc) is 3.46. The molecule has 3 heterocycles. The highest BCUT2D eigenvalue weighted by molar-refractivity contribution is 8.02. The number of aromatic nitrogens is 1. The number of carbonyl (C=O) groups is 2. The van der Waals surface area contributed by atoms with Crippen molar-refractivity contribution in [1.82, 2.24) is 4.98 Å². The Kier molecular flexibility index (Phi) is 4.75. The lowest BCUT2D eigenvalue weighted by Gasteiger charge is -2.28. The van der Waals surface area contributed by atoms with Crippen LogP contribution in [0.5, 0.6) is 5.75 Å². The van der Waals surface area contributed by atoms with Crippen LogP contribution in [0.4, 0.5) is 5.69 Å².